The van der Waals surface area contributed by atoms with E-state index in [9.17, 15) is 24.6 Å². The van der Waals surface area contributed by atoms with Crippen LogP contribution >= 0.6 is 0 Å². The minimum atomic E-state index is -2.59. The summed E-state index contributed by atoms with van der Waals surface area (Å²) in [6.07, 6.45) is -3.08. The number of amides is 4. The first-order chi connectivity index (χ1) is 9.73. The summed E-state index contributed by atoms with van der Waals surface area (Å²) in [5.74, 6) is -2.21. The van der Waals surface area contributed by atoms with Crippen molar-refractivity contribution in [2.24, 2.45) is 0 Å². The van der Waals surface area contributed by atoms with E-state index >= 15 is 0 Å². The highest BCUT2D eigenvalue weighted by atomic mass is 16.5. The number of urea groups is 1. The zero-order valence-corrected chi connectivity index (χ0v) is 11.7. The van der Waals surface area contributed by atoms with Gasteiger partial charge in [-0.2, -0.15) is 0 Å². The smallest absolute Gasteiger partial charge is 0.333 e. The molecule has 3 atom stereocenters. The standard InChI is InChI=1S/C12H18N2O7/c1-13-9(17)12(20,10(18)14(2)11(13)19)8-4-6(16)3-7(5-15)21-8/h6-8,15-16,20H,3-5H2,1-2H3. The van der Waals surface area contributed by atoms with E-state index in [1.54, 1.807) is 0 Å². The van der Waals surface area contributed by atoms with Gasteiger partial charge in [-0.1, -0.05) is 0 Å². The fraction of sp³-hybridized carbons (Fsp3) is 0.750. The number of hydrogen-bond acceptors (Lipinski definition) is 7. The van der Waals surface area contributed by atoms with Gasteiger partial charge < -0.3 is 20.1 Å². The molecule has 0 aromatic carbocycles. The molecule has 0 saturated carbocycles. The van der Waals surface area contributed by atoms with Crippen molar-refractivity contribution in [3.05, 3.63) is 0 Å². The molecule has 2 fully saturated rings. The second kappa shape index (κ2) is 5.34. The van der Waals surface area contributed by atoms with E-state index in [0.29, 0.717) is 9.80 Å². The average Bonchev–Trinajstić information content (AvgIpc) is 2.48. The molecule has 2 aliphatic rings. The van der Waals surface area contributed by atoms with Crippen LogP contribution in [0.15, 0.2) is 0 Å². The maximum atomic E-state index is 12.2. The van der Waals surface area contributed by atoms with Gasteiger partial charge in [-0.05, 0) is 0 Å². The number of aliphatic hydroxyl groups excluding tert-OH is 2. The van der Waals surface area contributed by atoms with E-state index in [2.05, 4.69) is 0 Å². The third kappa shape index (κ3) is 2.31. The first-order valence-corrected chi connectivity index (χ1v) is 6.50. The van der Waals surface area contributed by atoms with Crippen LogP contribution in [-0.2, 0) is 14.3 Å². The van der Waals surface area contributed by atoms with Gasteiger partial charge in [-0.15, -0.1) is 0 Å². The molecule has 0 bridgehead atoms. The van der Waals surface area contributed by atoms with Crippen LogP contribution in [0.25, 0.3) is 0 Å². The molecule has 9 heteroatoms. The van der Waals surface area contributed by atoms with Gasteiger partial charge in [0.2, 0.25) is 5.60 Å². The maximum absolute atomic E-state index is 12.2. The molecule has 9 nitrogen and oxygen atoms in total. The van der Waals surface area contributed by atoms with Crippen molar-refractivity contribution in [3.8, 4) is 0 Å². The van der Waals surface area contributed by atoms with Crippen LogP contribution in [0.3, 0.4) is 0 Å². The third-order valence-corrected chi connectivity index (χ3v) is 3.88. The van der Waals surface area contributed by atoms with E-state index in [1.807, 2.05) is 0 Å². The lowest BCUT2D eigenvalue weighted by Crippen LogP contribution is -2.72. The number of nitrogens with zero attached hydrogens (tertiary/aromatic N) is 2. The number of rotatable bonds is 2. The first-order valence-electron chi connectivity index (χ1n) is 6.50. The van der Waals surface area contributed by atoms with Crippen LogP contribution in [0.4, 0.5) is 4.79 Å². The predicted molar refractivity (Wildman–Crippen MR) is 66.9 cm³/mol. The summed E-state index contributed by atoms with van der Waals surface area (Å²) >= 11 is 0. The molecule has 3 N–H and O–H groups in total. The highest BCUT2D eigenvalue weighted by Gasteiger charge is 2.61. The van der Waals surface area contributed by atoms with Crippen molar-refractivity contribution in [2.75, 3.05) is 20.7 Å². The first kappa shape index (κ1) is 15.8. The number of imide groups is 2. The fourth-order valence-corrected chi connectivity index (χ4v) is 2.65. The quantitative estimate of drug-likeness (QED) is 0.488. The number of barbiturate groups is 1. The molecule has 2 rings (SSSR count). The number of carbonyl (C=O) groups excluding carboxylic acids is 3. The molecule has 2 heterocycles. The van der Waals surface area contributed by atoms with Crippen molar-refractivity contribution < 1.29 is 34.4 Å². The van der Waals surface area contributed by atoms with Gasteiger partial charge in [0.15, 0.2) is 0 Å². The lowest BCUT2D eigenvalue weighted by Gasteiger charge is -2.45. The van der Waals surface area contributed by atoms with Gasteiger partial charge in [-0.25, -0.2) is 4.79 Å². The van der Waals surface area contributed by atoms with Crippen molar-refractivity contribution >= 4 is 17.8 Å². The van der Waals surface area contributed by atoms with Gasteiger partial charge in [0.05, 0.1) is 18.8 Å². The fourth-order valence-electron chi connectivity index (χ4n) is 2.65. The van der Waals surface area contributed by atoms with Crippen LogP contribution in [0, 0.1) is 0 Å². The normalized spacial score (nSPS) is 33.6. The minimum absolute atomic E-state index is 0.135. The van der Waals surface area contributed by atoms with Crippen molar-refractivity contribution in [1.29, 1.82) is 0 Å². The Labute approximate surface area is 120 Å². The van der Waals surface area contributed by atoms with E-state index in [1.165, 1.54) is 0 Å². The second-order valence-electron chi connectivity index (χ2n) is 5.33. The van der Waals surface area contributed by atoms with E-state index in [4.69, 9.17) is 9.84 Å². The Kier molecular flexibility index (Phi) is 4.02. The van der Waals surface area contributed by atoms with Crippen LogP contribution in [0.2, 0.25) is 0 Å². The molecule has 0 spiro atoms. The highest BCUT2D eigenvalue weighted by molar-refractivity contribution is 6.21. The molecule has 0 aromatic rings. The maximum Gasteiger partial charge on any atom is 0.333 e. The molecule has 4 amide bonds. The van der Waals surface area contributed by atoms with Crippen molar-refractivity contribution in [1.82, 2.24) is 9.80 Å². The summed E-state index contributed by atoms with van der Waals surface area (Å²) in [6, 6.07) is -0.857. The summed E-state index contributed by atoms with van der Waals surface area (Å²) in [5.41, 5.74) is -2.59. The molecule has 0 aromatic heterocycles. The Morgan fingerprint density at radius 2 is 1.71 bits per heavy atom. The zero-order valence-electron chi connectivity index (χ0n) is 11.7. The predicted octanol–water partition coefficient (Wildman–Crippen LogP) is -2.33. The third-order valence-electron chi connectivity index (χ3n) is 3.88. The van der Waals surface area contributed by atoms with Gasteiger partial charge in [0, 0.05) is 26.9 Å². The van der Waals surface area contributed by atoms with Gasteiger partial charge in [0.1, 0.15) is 6.10 Å². The Balaban J connectivity index is 2.36. The van der Waals surface area contributed by atoms with Crippen LogP contribution in [0.1, 0.15) is 12.8 Å². The van der Waals surface area contributed by atoms with Crippen LogP contribution in [0.5, 0.6) is 0 Å². The number of hydrogen-bond donors (Lipinski definition) is 3. The highest BCUT2D eigenvalue weighted by Crippen LogP contribution is 2.32. The molecular formula is C12H18N2O7. The number of ether oxygens (including phenoxy) is 1. The molecule has 0 aliphatic carbocycles. The molecule has 118 valence electrons. The SMILES string of the molecule is CN1C(=O)N(C)C(=O)C(O)(C2CC(O)CC(CO)O2)C1=O. The molecule has 0 radical (unpaired) electrons. The number of likely N-dealkylation sites (N-methyl/N-ethyl adjacent to an activating group) is 2. The Bertz CT molecular complexity index is 456. The van der Waals surface area contributed by atoms with Crippen LogP contribution < -0.4 is 0 Å². The van der Waals surface area contributed by atoms with E-state index in [-0.39, 0.29) is 12.8 Å². The minimum Gasteiger partial charge on any atom is -0.394 e. The topological polar surface area (TPSA) is 128 Å². The number of aliphatic hydroxyl groups is 3. The average molecular weight is 302 g/mol. The van der Waals surface area contributed by atoms with Crippen molar-refractivity contribution in [2.45, 2.75) is 36.8 Å². The Hall–Kier alpha value is -1.55. The van der Waals surface area contributed by atoms with Crippen molar-refractivity contribution in [3.63, 3.8) is 0 Å². The van der Waals surface area contributed by atoms with E-state index < -0.39 is 48.4 Å². The summed E-state index contributed by atoms with van der Waals surface area (Å²) in [6.45, 7) is -0.420. The summed E-state index contributed by atoms with van der Waals surface area (Å²) < 4.78 is 5.35. The van der Waals surface area contributed by atoms with Gasteiger partial charge in [0.25, 0.3) is 11.8 Å². The summed E-state index contributed by atoms with van der Waals surface area (Å²) in [5, 5.41) is 29.5. The molecular weight excluding hydrogens is 284 g/mol. The molecule has 2 saturated heterocycles. The van der Waals surface area contributed by atoms with Gasteiger partial charge >= 0.3 is 6.03 Å². The summed E-state index contributed by atoms with van der Waals surface area (Å²) in [7, 11) is 2.28. The van der Waals surface area contributed by atoms with E-state index in [0.717, 1.165) is 14.1 Å². The molecule has 21 heavy (non-hydrogen) atoms. The lowest BCUT2D eigenvalue weighted by molar-refractivity contribution is -0.206. The second-order valence-corrected chi connectivity index (χ2v) is 5.33. The molecule has 3 unspecified atom stereocenters. The summed E-state index contributed by atoms with van der Waals surface area (Å²) in [4.78, 5) is 37.3. The monoisotopic (exact) mass is 302 g/mol. The Morgan fingerprint density at radius 3 is 2.19 bits per heavy atom. The number of carbonyl (C=O) groups is 3. The molecule has 2 aliphatic heterocycles. The van der Waals surface area contributed by atoms with Gasteiger partial charge in [-0.3, -0.25) is 19.4 Å². The zero-order chi connectivity index (χ0) is 15.9. The largest absolute Gasteiger partial charge is 0.394 e. The van der Waals surface area contributed by atoms with Crippen LogP contribution in [-0.4, -0.2) is 87.6 Å². The lowest BCUT2D eigenvalue weighted by atomic mass is 9.85. The Morgan fingerprint density at radius 1 is 1.19 bits per heavy atom.